The van der Waals surface area contributed by atoms with Crippen molar-refractivity contribution in [3.8, 4) is 0 Å². The molecule has 0 bridgehead atoms. The molecule has 7 heteroatoms. The number of carbonyl (C=O) groups excluding carboxylic acids is 1. The lowest BCUT2D eigenvalue weighted by atomic mass is 9.96. The number of carbonyl (C=O) groups is 1. The minimum atomic E-state index is -3.56. The average Bonchev–Trinajstić information content (AvgIpc) is 3.50. The summed E-state index contributed by atoms with van der Waals surface area (Å²) >= 11 is 1.71. The van der Waals surface area contributed by atoms with E-state index in [1.165, 1.54) is 4.88 Å². The Kier molecular flexibility index (Phi) is 5.58. The van der Waals surface area contributed by atoms with E-state index in [1.54, 1.807) is 27.8 Å². The van der Waals surface area contributed by atoms with Crippen molar-refractivity contribution in [2.75, 3.05) is 19.6 Å². The Morgan fingerprint density at radius 2 is 1.68 bits per heavy atom. The highest BCUT2D eigenvalue weighted by Crippen LogP contribution is 2.37. The monoisotopic (exact) mass is 454 g/mol. The summed E-state index contributed by atoms with van der Waals surface area (Å²) in [6, 6.07) is 17.4. The lowest BCUT2D eigenvalue weighted by Gasteiger charge is -2.34. The topological polar surface area (TPSA) is 57.7 Å². The Hall–Kier alpha value is -2.22. The first kappa shape index (κ1) is 20.7. The van der Waals surface area contributed by atoms with Gasteiger partial charge >= 0.3 is 0 Å². The van der Waals surface area contributed by atoms with E-state index in [2.05, 4.69) is 11.4 Å². The van der Waals surface area contributed by atoms with E-state index in [-0.39, 0.29) is 17.9 Å². The van der Waals surface area contributed by atoms with Crippen LogP contribution in [-0.2, 0) is 14.8 Å². The lowest BCUT2D eigenvalue weighted by molar-refractivity contribution is -0.137. The molecule has 5 nitrogen and oxygen atoms in total. The van der Waals surface area contributed by atoms with Crippen molar-refractivity contribution in [2.24, 2.45) is 5.92 Å². The van der Waals surface area contributed by atoms with E-state index in [9.17, 15) is 13.2 Å². The van der Waals surface area contributed by atoms with Gasteiger partial charge in [0.2, 0.25) is 15.9 Å². The van der Waals surface area contributed by atoms with E-state index in [1.807, 2.05) is 41.3 Å². The Bertz CT molecular complexity index is 1180. The summed E-state index contributed by atoms with van der Waals surface area (Å²) in [7, 11) is -3.56. The number of rotatable bonds is 4. The second-order valence-electron chi connectivity index (χ2n) is 8.39. The SMILES string of the molecule is O=C(C1CCN(S(=O)(=O)c2ccc3ccccc3c2)CC1)N1CCCC1c1cccs1. The molecule has 0 aliphatic carbocycles. The number of hydrogen-bond donors (Lipinski definition) is 0. The molecule has 1 unspecified atom stereocenters. The quantitative estimate of drug-likeness (QED) is 0.576. The Labute approximate surface area is 187 Å². The zero-order valence-electron chi connectivity index (χ0n) is 17.3. The Balaban J connectivity index is 1.27. The van der Waals surface area contributed by atoms with Gasteiger partial charge in [-0.3, -0.25) is 4.79 Å². The molecule has 162 valence electrons. The molecule has 2 aliphatic heterocycles. The fourth-order valence-corrected chi connectivity index (χ4v) is 7.24. The van der Waals surface area contributed by atoms with Gasteiger partial charge in [0.15, 0.2) is 0 Å². The van der Waals surface area contributed by atoms with Gasteiger partial charge in [-0.25, -0.2) is 8.42 Å². The van der Waals surface area contributed by atoms with Crippen LogP contribution in [0.25, 0.3) is 10.8 Å². The molecule has 3 aromatic rings. The van der Waals surface area contributed by atoms with Crippen molar-refractivity contribution in [1.82, 2.24) is 9.21 Å². The van der Waals surface area contributed by atoms with Crippen molar-refractivity contribution >= 4 is 38.0 Å². The number of nitrogens with zero attached hydrogens (tertiary/aromatic N) is 2. The van der Waals surface area contributed by atoms with Crippen LogP contribution >= 0.6 is 11.3 Å². The van der Waals surface area contributed by atoms with Crippen molar-refractivity contribution < 1.29 is 13.2 Å². The van der Waals surface area contributed by atoms with E-state index in [0.29, 0.717) is 30.8 Å². The van der Waals surface area contributed by atoms with Gasteiger partial charge in [0, 0.05) is 30.4 Å². The van der Waals surface area contributed by atoms with Crippen LogP contribution in [0.1, 0.15) is 36.6 Å². The predicted octanol–water partition coefficient (Wildman–Crippen LogP) is 4.67. The molecule has 2 aromatic carbocycles. The highest BCUT2D eigenvalue weighted by molar-refractivity contribution is 7.89. The molecule has 1 amide bonds. The summed E-state index contributed by atoms with van der Waals surface area (Å²) in [5, 5.41) is 4.01. The third kappa shape index (κ3) is 3.90. The number of likely N-dealkylation sites (tertiary alicyclic amines) is 1. The molecule has 2 saturated heterocycles. The first-order chi connectivity index (χ1) is 15.0. The summed E-state index contributed by atoms with van der Waals surface area (Å²) in [6.45, 7) is 1.59. The highest BCUT2D eigenvalue weighted by atomic mass is 32.2. The molecule has 0 saturated carbocycles. The molecule has 31 heavy (non-hydrogen) atoms. The van der Waals surface area contributed by atoms with E-state index < -0.39 is 10.0 Å². The minimum Gasteiger partial charge on any atom is -0.335 e. The molecule has 0 spiro atoms. The van der Waals surface area contributed by atoms with Gasteiger partial charge in [-0.2, -0.15) is 4.31 Å². The van der Waals surface area contributed by atoms with Gasteiger partial charge < -0.3 is 4.90 Å². The van der Waals surface area contributed by atoms with Crippen LogP contribution in [0.5, 0.6) is 0 Å². The van der Waals surface area contributed by atoms with Crippen molar-refractivity contribution in [1.29, 1.82) is 0 Å². The van der Waals surface area contributed by atoms with E-state index >= 15 is 0 Å². The number of fused-ring (bicyclic) bond motifs is 1. The number of thiophene rings is 1. The minimum absolute atomic E-state index is 0.0939. The Morgan fingerprint density at radius 1 is 0.903 bits per heavy atom. The molecular weight excluding hydrogens is 428 g/mol. The zero-order chi connectivity index (χ0) is 21.4. The van der Waals surface area contributed by atoms with Crippen molar-refractivity contribution in [3.63, 3.8) is 0 Å². The van der Waals surface area contributed by atoms with Crippen LogP contribution in [0.2, 0.25) is 0 Å². The van der Waals surface area contributed by atoms with E-state index in [0.717, 1.165) is 30.2 Å². The summed E-state index contributed by atoms with van der Waals surface area (Å²) in [6.07, 6.45) is 3.21. The highest BCUT2D eigenvalue weighted by Gasteiger charge is 2.37. The lowest BCUT2D eigenvalue weighted by Crippen LogP contribution is -2.44. The molecule has 1 atom stereocenters. The summed E-state index contributed by atoms with van der Waals surface area (Å²) < 4.78 is 27.9. The number of sulfonamides is 1. The van der Waals surface area contributed by atoms with Gasteiger partial charge in [0.05, 0.1) is 10.9 Å². The second-order valence-corrected chi connectivity index (χ2v) is 11.3. The molecule has 2 aliphatic rings. The van der Waals surface area contributed by atoms with Crippen LogP contribution in [0, 0.1) is 5.92 Å². The number of benzene rings is 2. The van der Waals surface area contributed by atoms with Gasteiger partial charge in [-0.1, -0.05) is 36.4 Å². The fraction of sp³-hybridized carbons (Fsp3) is 0.375. The number of amides is 1. The van der Waals surface area contributed by atoms with Crippen LogP contribution in [0.3, 0.4) is 0 Å². The largest absolute Gasteiger partial charge is 0.335 e. The summed E-state index contributed by atoms with van der Waals surface area (Å²) in [4.78, 5) is 16.9. The van der Waals surface area contributed by atoms with E-state index in [4.69, 9.17) is 0 Å². The van der Waals surface area contributed by atoms with Crippen LogP contribution in [0.4, 0.5) is 0 Å². The predicted molar refractivity (Wildman–Crippen MR) is 123 cm³/mol. The Morgan fingerprint density at radius 3 is 2.42 bits per heavy atom. The van der Waals surface area contributed by atoms with Gasteiger partial charge in [0.1, 0.15) is 0 Å². The number of piperidine rings is 1. The average molecular weight is 455 g/mol. The first-order valence-corrected chi connectivity index (χ1v) is 13.2. The third-order valence-electron chi connectivity index (χ3n) is 6.57. The maximum atomic E-state index is 13.2. The molecule has 3 heterocycles. The first-order valence-electron chi connectivity index (χ1n) is 10.9. The number of hydrogen-bond acceptors (Lipinski definition) is 4. The molecular formula is C24H26N2O3S2. The standard InChI is InChI=1S/C24H26N2O3S2/c27-24(26-13-3-7-22(26)23-8-4-16-30-23)19-11-14-25(15-12-19)31(28,29)21-10-9-18-5-1-2-6-20(18)17-21/h1-2,4-6,8-10,16-17,19,22H,3,7,11-15H2. The zero-order valence-corrected chi connectivity index (χ0v) is 18.9. The summed E-state index contributed by atoms with van der Waals surface area (Å²) in [5.41, 5.74) is 0. The summed E-state index contributed by atoms with van der Waals surface area (Å²) in [5.74, 6) is 0.0993. The maximum absolute atomic E-state index is 13.2. The van der Waals surface area contributed by atoms with Gasteiger partial charge in [0.25, 0.3) is 0 Å². The molecule has 0 N–H and O–H groups in total. The fourth-order valence-electron chi connectivity index (χ4n) is 4.86. The van der Waals surface area contributed by atoms with Crippen LogP contribution in [0.15, 0.2) is 64.9 Å². The third-order valence-corrected chi connectivity index (χ3v) is 9.44. The smallest absolute Gasteiger partial charge is 0.243 e. The van der Waals surface area contributed by atoms with Gasteiger partial charge in [-0.05, 0) is 60.0 Å². The molecule has 1 aromatic heterocycles. The van der Waals surface area contributed by atoms with Crippen LogP contribution < -0.4 is 0 Å². The second kappa shape index (κ2) is 8.37. The normalized spacial score (nSPS) is 21.0. The van der Waals surface area contributed by atoms with Crippen LogP contribution in [-0.4, -0.2) is 43.2 Å². The van der Waals surface area contributed by atoms with Crippen molar-refractivity contribution in [3.05, 3.63) is 64.9 Å². The molecule has 0 radical (unpaired) electrons. The molecule has 2 fully saturated rings. The maximum Gasteiger partial charge on any atom is 0.243 e. The van der Waals surface area contributed by atoms with Gasteiger partial charge in [-0.15, -0.1) is 11.3 Å². The van der Waals surface area contributed by atoms with Crippen molar-refractivity contribution in [2.45, 2.75) is 36.6 Å². The molecule has 5 rings (SSSR count).